The summed E-state index contributed by atoms with van der Waals surface area (Å²) in [6, 6.07) is 11.3. The van der Waals surface area contributed by atoms with Crippen LogP contribution in [0.3, 0.4) is 0 Å². The first-order chi connectivity index (χ1) is 10.1. The Morgan fingerprint density at radius 1 is 1.19 bits per heavy atom. The predicted molar refractivity (Wildman–Crippen MR) is 86.9 cm³/mol. The minimum atomic E-state index is -0.101. The number of rotatable bonds is 5. The van der Waals surface area contributed by atoms with Crippen LogP contribution in [-0.2, 0) is 0 Å². The second-order valence-corrected chi connectivity index (χ2v) is 4.90. The second-order valence-electron chi connectivity index (χ2n) is 4.90. The average Bonchev–Trinajstić information content (AvgIpc) is 2.49. The maximum absolute atomic E-state index is 12.2. The van der Waals surface area contributed by atoms with Gasteiger partial charge in [0.1, 0.15) is 5.82 Å². The quantitative estimate of drug-likeness (QED) is 0.913. The molecule has 0 aliphatic heterocycles. The molecule has 0 aliphatic rings. The van der Waals surface area contributed by atoms with Gasteiger partial charge in [-0.05, 0) is 39.0 Å². The molecule has 1 aromatic heterocycles. The van der Waals surface area contributed by atoms with Crippen molar-refractivity contribution in [1.29, 1.82) is 0 Å². The molecule has 2 rings (SSSR count). The largest absolute Gasteiger partial charge is 0.357 e. The lowest BCUT2D eigenvalue weighted by molar-refractivity contribution is 0.102. The van der Waals surface area contributed by atoms with Gasteiger partial charge in [0.2, 0.25) is 0 Å². The highest BCUT2D eigenvalue weighted by atomic mass is 16.1. The Morgan fingerprint density at radius 2 is 1.95 bits per heavy atom. The van der Waals surface area contributed by atoms with Gasteiger partial charge in [-0.2, -0.15) is 0 Å². The van der Waals surface area contributed by atoms with Crippen molar-refractivity contribution in [2.24, 2.45) is 0 Å². The summed E-state index contributed by atoms with van der Waals surface area (Å²) in [4.78, 5) is 18.7. The van der Waals surface area contributed by atoms with Gasteiger partial charge in [-0.3, -0.25) is 4.79 Å². The molecule has 0 aliphatic carbocycles. The van der Waals surface area contributed by atoms with E-state index in [4.69, 9.17) is 0 Å². The summed E-state index contributed by atoms with van der Waals surface area (Å²) in [6.07, 6.45) is 1.72. The summed E-state index contributed by atoms with van der Waals surface area (Å²) < 4.78 is 0. The van der Waals surface area contributed by atoms with Crippen molar-refractivity contribution >= 4 is 17.4 Å². The van der Waals surface area contributed by atoms with E-state index in [-0.39, 0.29) is 5.91 Å². The van der Waals surface area contributed by atoms with E-state index in [0.717, 1.165) is 30.2 Å². The molecule has 1 amide bonds. The Kier molecular flexibility index (Phi) is 4.93. The zero-order chi connectivity index (χ0) is 15.2. The molecule has 0 spiro atoms. The number of carbonyl (C=O) groups excluding carboxylic acids is 1. The number of hydrogen-bond acceptors (Lipinski definition) is 3. The van der Waals surface area contributed by atoms with Crippen LogP contribution in [0.2, 0.25) is 0 Å². The van der Waals surface area contributed by atoms with E-state index in [1.54, 1.807) is 12.3 Å². The Balaban J connectivity index is 2.16. The van der Waals surface area contributed by atoms with E-state index in [1.165, 1.54) is 0 Å². The molecule has 1 heterocycles. The van der Waals surface area contributed by atoms with Crippen molar-refractivity contribution in [3.8, 4) is 0 Å². The van der Waals surface area contributed by atoms with Crippen LogP contribution in [0, 0.1) is 6.92 Å². The number of nitrogens with zero attached hydrogens (tertiary/aromatic N) is 2. The first-order valence-corrected chi connectivity index (χ1v) is 7.23. The molecule has 0 atom stereocenters. The van der Waals surface area contributed by atoms with Crippen LogP contribution >= 0.6 is 0 Å². The number of nitrogens with one attached hydrogen (secondary N) is 1. The molecular weight excluding hydrogens is 262 g/mol. The zero-order valence-corrected chi connectivity index (χ0v) is 12.8. The number of benzene rings is 1. The maximum atomic E-state index is 12.2. The van der Waals surface area contributed by atoms with Gasteiger partial charge >= 0.3 is 0 Å². The van der Waals surface area contributed by atoms with E-state index in [0.29, 0.717) is 5.56 Å². The van der Waals surface area contributed by atoms with E-state index in [2.05, 4.69) is 29.0 Å². The summed E-state index contributed by atoms with van der Waals surface area (Å²) in [5.41, 5.74) is 2.50. The number of aryl methyl sites for hydroxylation is 1. The number of amides is 1. The summed E-state index contributed by atoms with van der Waals surface area (Å²) in [5, 5.41) is 2.92. The van der Waals surface area contributed by atoms with Crippen LogP contribution in [0.15, 0.2) is 42.6 Å². The number of pyridine rings is 1. The third-order valence-electron chi connectivity index (χ3n) is 3.37. The van der Waals surface area contributed by atoms with Crippen molar-refractivity contribution in [1.82, 2.24) is 4.98 Å². The van der Waals surface area contributed by atoms with E-state index >= 15 is 0 Å². The van der Waals surface area contributed by atoms with Gasteiger partial charge in [0.25, 0.3) is 5.91 Å². The second kappa shape index (κ2) is 6.88. The molecule has 0 unspecified atom stereocenters. The predicted octanol–water partition coefficient (Wildman–Crippen LogP) is 3.49. The van der Waals surface area contributed by atoms with Crippen LogP contribution in [0.25, 0.3) is 0 Å². The van der Waals surface area contributed by atoms with Gasteiger partial charge in [-0.1, -0.05) is 17.7 Å². The lowest BCUT2D eigenvalue weighted by atomic mass is 10.1. The molecular formula is C17H21N3O. The molecule has 4 nitrogen and oxygen atoms in total. The Morgan fingerprint density at radius 3 is 2.62 bits per heavy atom. The summed E-state index contributed by atoms with van der Waals surface area (Å²) in [7, 11) is 0. The first kappa shape index (κ1) is 15.0. The molecule has 0 fully saturated rings. The highest BCUT2D eigenvalue weighted by Crippen LogP contribution is 2.17. The van der Waals surface area contributed by atoms with Gasteiger partial charge in [-0.25, -0.2) is 4.98 Å². The molecule has 0 bridgehead atoms. The fraction of sp³-hybridized carbons (Fsp3) is 0.294. The molecule has 1 N–H and O–H groups in total. The maximum Gasteiger partial charge on any atom is 0.255 e. The minimum Gasteiger partial charge on any atom is -0.357 e. The van der Waals surface area contributed by atoms with Gasteiger partial charge in [0.05, 0.1) is 0 Å². The zero-order valence-electron chi connectivity index (χ0n) is 12.8. The Hall–Kier alpha value is -2.36. The third-order valence-corrected chi connectivity index (χ3v) is 3.37. The standard InChI is InChI=1S/C17H21N3O/c1-4-20(5-2)16-12-15(9-10-18-16)19-17(21)14-8-6-7-13(3)11-14/h6-12H,4-5H2,1-3H3,(H,18,19,21). The van der Waals surface area contributed by atoms with Gasteiger partial charge < -0.3 is 10.2 Å². The van der Waals surface area contributed by atoms with E-state index in [1.807, 2.05) is 37.3 Å². The Bertz CT molecular complexity index is 621. The summed E-state index contributed by atoms with van der Waals surface area (Å²) >= 11 is 0. The van der Waals surface area contributed by atoms with E-state index in [9.17, 15) is 4.79 Å². The molecule has 21 heavy (non-hydrogen) atoms. The van der Waals surface area contributed by atoms with Crippen molar-refractivity contribution in [2.75, 3.05) is 23.3 Å². The number of aromatic nitrogens is 1. The van der Waals surface area contributed by atoms with Gasteiger partial charge in [0, 0.05) is 36.6 Å². The van der Waals surface area contributed by atoms with Crippen molar-refractivity contribution in [3.63, 3.8) is 0 Å². The normalized spacial score (nSPS) is 10.2. The fourth-order valence-electron chi connectivity index (χ4n) is 2.21. The molecule has 0 radical (unpaired) electrons. The summed E-state index contributed by atoms with van der Waals surface area (Å²) in [5.74, 6) is 0.775. The molecule has 4 heteroatoms. The minimum absolute atomic E-state index is 0.101. The van der Waals surface area contributed by atoms with Crippen molar-refractivity contribution in [3.05, 3.63) is 53.7 Å². The highest BCUT2D eigenvalue weighted by molar-refractivity contribution is 6.04. The fourth-order valence-corrected chi connectivity index (χ4v) is 2.21. The molecule has 2 aromatic rings. The van der Waals surface area contributed by atoms with Crippen LogP contribution < -0.4 is 10.2 Å². The smallest absolute Gasteiger partial charge is 0.255 e. The summed E-state index contributed by atoms with van der Waals surface area (Å²) in [6.45, 7) is 7.92. The highest BCUT2D eigenvalue weighted by Gasteiger charge is 2.08. The van der Waals surface area contributed by atoms with Crippen LogP contribution in [0.5, 0.6) is 0 Å². The molecule has 0 saturated heterocycles. The topological polar surface area (TPSA) is 45.2 Å². The lowest BCUT2D eigenvalue weighted by Gasteiger charge is -2.20. The molecule has 110 valence electrons. The van der Waals surface area contributed by atoms with Crippen LogP contribution in [-0.4, -0.2) is 24.0 Å². The number of carbonyl (C=O) groups is 1. The lowest BCUT2D eigenvalue weighted by Crippen LogP contribution is -2.23. The third kappa shape index (κ3) is 3.81. The van der Waals surface area contributed by atoms with Gasteiger partial charge in [0.15, 0.2) is 0 Å². The molecule has 0 saturated carbocycles. The van der Waals surface area contributed by atoms with Crippen LogP contribution in [0.1, 0.15) is 29.8 Å². The van der Waals surface area contributed by atoms with Crippen LogP contribution in [0.4, 0.5) is 11.5 Å². The first-order valence-electron chi connectivity index (χ1n) is 7.23. The monoisotopic (exact) mass is 283 g/mol. The van der Waals surface area contributed by atoms with Crippen molar-refractivity contribution < 1.29 is 4.79 Å². The average molecular weight is 283 g/mol. The SMILES string of the molecule is CCN(CC)c1cc(NC(=O)c2cccc(C)c2)ccn1. The molecule has 1 aromatic carbocycles. The van der Waals surface area contributed by atoms with Crippen molar-refractivity contribution in [2.45, 2.75) is 20.8 Å². The van der Waals surface area contributed by atoms with E-state index < -0.39 is 0 Å². The number of hydrogen-bond donors (Lipinski definition) is 1. The van der Waals surface area contributed by atoms with Gasteiger partial charge in [-0.15, -0.1) is 0 Å². The Labute approximate surface area is 125 Å². The number of anilines is 2.